The van der Waals surface area contributed by atoms with E-state index in [2.05, 4.69) is 15.9 Å². The van der Waals surface area contributed by atoms with E-state index in [1.807, 2.05) is 0 Å². The van der Waals surface area contributed by atoms with Crippen molar-refractivity contribution in [3.63, 3.8) is 0 Å². The highest BCUT2D eigenvalue weighted by atomic mass is 79.9. The molecular formula is C11H5BrClFO2. The second-order valence-electron chi connectivity index (χ2n) is 3.07. The summed E-state index contributed by atoms with van der Waals surface area (Å²) in [4.78, 5) is 10.4. The molecule has 2 rings (SSSR count). The van der Waals surface area contributed by atoms with Gasteiger partial charge >= 0.3 is 0 Å². The molecule has 1 aromatic heterocycles. The summed E-state index contributed by atoms with van der Waals surface area (Å²) in [6, 6.07) is 5.76. The molecule has 0 spiro atoms. The van der Waals surface area contributed by atoms with Crippen molar-refractivity contribution in [2.24, 2.45) is 0 Å². The van der Waals surface area contributed by atoms with Crippen molar-refractivity contribution in [2.45, 2.75) is 0 Å². The average Bonchev–Trinajstić information content (AvgIpc) is 2.71. The van der Waals surface area contributed by atoms with Crippen LogP contribution in [0, 0.1) is 5.82 Å². The number of benzene rings is 1. The third-order valence-electron chi connectivity index (χ3n) is 2.02. The van der Waals surface area contributed by atoms with Gasteiger partial charge in [-0.25, -0.2) is 4.39 Å². The Morgan fingerprint density at radius 2 is 2.12 bits per heavy atom. The van der Waals surface area contributed by atoms with Gasteiger partial charge in [0, 0.05) is 5.56 Å². The second kappa shape index (κ2) is 4.39. The number of carbonyl (C=O) groups is 1. The molecule has 2 nitrogen and oxygen atoms in total. The van der Waals surface area contributed by atoms with Crippen molar-refractivity contribution in [1.82, 2.24) is 0 Å². The highest BCUT2D eigenvalue weighted by Crippen LogP contribution is 2.33. The van der Waals surface area contributed by atoms with Gasteiger partial charge in [-0.3, -0.25) is 4.79 Å². The minimum Gasteiger partial charge on any atom is -0.453 e. The summed E-state index contributed by atoms with van der Waals surface area (Å²) in [6.07, 6.45) is 0.576. The lowest BCUT2D eigenvalue weighted by Gasteiger charge is -2.02. The molecule has 0 unspecified atom stereocenters. The van der Waals surface area contributed by atoms with Crippen molar-refractivity contribution in [2.75, 3.05) is 0 Å². The summed E-state index contributed by atoms with van der Waals surface area (Å²) in [5.74, 6) is 0.0938. The lowest BCUT2D eigenvalue weighted by atomic mass is 10.2. The zero-order chi connectivity index (χ0) is 11.7. The van der Waals surface area contributed by atoms with Gasteiger partial charge < -0.3 is 4.42 Å². The molecule has 0 atom stereocenters. The van der Waals surface area contributed by atoms with Gasteiger partial charge in [0.15, 0.2) is 12.0 Å². The van der Waals surface area contributed by atoms with E-state index in [0.29, 0.717) is 22.6 Å². The third-order valence-corrected chi connectivity index (χ3v) is 2.94. The Bertz CT molecular complexity index is 551. The fourth-order valence-electron chi connectivity index (χ4n) is 1.27. The molecule has 0 saturated heterocycles. The minimum absolute atomic E-state index is 0.175. The standard InChI is InChI=1S/C11H5BrClFO2/c12-8-4-9(13)7(3-10(8)14)11-2-1-6(5-15)16-11/h1-5H. The van der Waals surface area contributed by atoms with E-state index in [0.717, 1.165) is 0 Å². The molecule has 0 bridgehead atoms. The Labute approximate surface area is 104 Å². The largest absolute Gasteiger partial charge is 0.453 e. The molecule has 1 heterocycles. The highest BCUT2D eigenvalue weighted by Gasteiger charge is 2.12. The molecule has 16 heavy (non-hydrogen) atoms. The molecule has 0 fully saturated rings. The monoisotopic (exact) mass is 302 g/mol. The van der Waals surface area contributed by atoms with Gasteiger partial charge in [0.25, 0.3) is 0 Å². The SMILES string of the molecule is O=Cc1ccc(-c2cc(F)c(Br)cc2Cl)o1. The first-order valence-electron chi connectivity index (χ1n) is 4.31. The fourth-order valence-corrected chi connectivity index (χ4v) is 2.00. The number of furan rings is 1. The van der Waals surface area contributed by atoms with Crippen molar-refractivity contribution in [1.29, 1.82) is 0 Å². The second-order valence-corrected chi connectivity index (χ2v) is 4.33. The molecule has 0 radical (unpaired) electrons. The van der Waals surface area contributed by atoms with Crippen molar-refractivity contribution < 1.29 is 13.6 Å². The van der Waals surface area contributed by atoms with Gasteiger partial charge in [-0.2, -0.15) is 0 Å². The Kier molecular flexibility index (Phi) is 3.12. The van der Waals surface area contributed by atoms with Crippen LogP contribution in [0.1, 0.15) is 10.6 Å². The van der Waals surface area contributed by atoms with E-state index in [1.54, 1.807) is 6.07 Å². The maximum atomic E-state index is 13.3. The summed E-state index contributed by atoms with van der Waals surface area (Å²) >= 11 is 8.97. The van der Waals surface area contributed by atoms with Crippen LogP contribution in [0.5, 0.6) is 0 Å². The van der Waals surface area contributed by atoms with Gasteiger partial charge in [-0.1, -0.05) is 11.6 Å². The number of aldehydes is 1. The van der Waals surface area contributed by atoms with Gasteiger partial charge in [-0.05, 0) is 40.2 Å². The molecule has 0 amide bonds. The summed E-state index contributed by atoms with van der Waals surface area (Å²) in [5, 5.41) is 0.347. The van der Waals surface area contributed by atoms with E-state index in [4.69, 9.17) is 16.0 Å². The van der Waals surface area contributed by atoms with Crippen LogP contribution in [0.15, 0.2) is 33.2 Å². The molecular weight excluding hydrogens is 298 g/mol. The summed E-state index contributed by atoms with van der Waals surface area (Å²) in [6.45, 7) is 0. The quantitative estimate of drug-likeness (QED) is 0.611. The average molecular weight is 304 g/mol. The Morgan fingerprint density at radius 3 is 2.75 bits per heavy atom. The van der Waals surface area contributed by atoms with Crippen LogP contribution in [-0.4, -0.2) is 6.29 Å². The van der Waals surface area contributed by atoms with E-state index < -0.39 is 5.82 Å². The smallest absolute Gasteiger partial charge is 0.185 e. The Balaban J connectivity index is 2.55. The number of carbonyl (C=O) groups excluding carboxylic acids is 1. The third kappa shape index (κ3) is 2.03. The molecule has 2 aromatic rings. The molecule has 0 saturated carbocycles. The summed E-state index contributed by atoms with van der Waals surface area (Å²) < 4.78 is 18.8. The molecule has 0 aliphatic carbocycles. The van der Waals surface area contributed by atoms with Crippen LogP contribution >= 0.6 is 27.5 Å². The fraction of sp³-hybridized carbons (Fsp3) is 0. The molecule has 82 valence electrons. The van der Waals surface area contributed by atoms with Crippen LogP contribution in [0.25, 0.3) is 11.3 Å². The molecule has 0 aliphatic rings. The van der Waals surface area contributed by atoms with E-state index in [-0.39, 0.29) is 10.2 Å². The Morgan fingerprint density at radius 1 is 1.38 bits per heavy atom. The summed E-state index contributed by atoms with van der Waals surface area (Å²) in [5.41, 5.74) is 0.412. The molecule has 0 N–H and O–H groups in total. The first kappa shape index (κ1) is 11.4. The number of hydrogen-bond acceptors (Lipinski definition) is 2. The number of hydrogen-bond donors (Lipinski definition) is 0. The molecule has 1 aromatic carbocycles. The predicted octanol–water partition coefficient (Wildman–Crippen LogP) is 4.31. The lowest BCUT2D eigenvalue weighted by Crippen LogP contribution is -1.82. The van der Waals surface area contributed by atoms with Crippen LogP contribution in [0.4, 0.5) is 4.39 Å². The van der Waals surface area contributed by atoms with Crippen LogP contribution < -0.4 is 0 Å². The van der Waals surface area contributed by atoms with E-state index >= 15 is 0 Å². The van der Waals surface area contributed by atoms with Crippen molar-refractivity contribution >= 4 is 33.8 Å². The zero-order valence-electron chi connectivity index (χ0n) is 7.84. The lowest BCUT2D eigenvalue weighted by molar-refractivity contribution is 0.110. The van der Waals surface area contributed by atoms with Gasteiger partial charge in [0.1, 0.15) is 11.6 Å². The predicted molar refractivity (Wildman–Crippen MR) is 62.2 cm³/mol. The maximum absolute atomic E-state index is 13.3. The topological polar surface area (TPSA) is 30.2 Å². The van der Waals surface area contributed by atoms with Crippen LogP contribution in [0.2, 0.25) is 5.02 Å². The van der Waals surface area contributed by atoms with Crippen LogP contribution in [0.3, 0.4) is 0 Å². The van der Waals surface area contributed by atoms with E-state index in [1.165, 1.54) is 18.2 Å². The minimum atomic E-state index is -0.441. The number of halogens is 3. The normalized spacial score (nSPS) is 10.4. The maximum Gasteiger partial charge on any atom is 0.185 e. The van der Waals surface area contributed by atoms with Crippen LogP contribution in [-0.2, 0) is 0 Å². The zero-order valence-corrected chi connectivity index (χ0v) is 10.2. The first-order chi connectivity index (χ1) is 7.61. The van der Waals surface area contributed by atoms with Gasteiger partial charge in [-0.15, -0.1) is 0 Å². The Hall–Kier alpha value is -1.13. The van der Waals surface area contributed by atoms with E-state index in [9.17, 15) is 9.18 Å². The van der Waals surface area contributed by atoms with Gasteiger partial charge in [0.05, 0.1) is 9.50 Å². The number of rotatable bonds is 2. The first-order valence-corrected chi connectivity index (χ1v) is 5.49. The van der Waals surface area contributed by atoms with Gasteiger partial charge in [0.2, 0.25) is 0 Å². The highest BCUT2D eigenvalue weighted by molar-refractivity contribution is 9.10. The van der Waals surface area contributed by atoms with Crippen molar-refractivity contribution in [3.05, 3.63) is 45.3 Å². The summed E-state index contributed by atoms with van der Waals surface area (Å²) in [7, 11) is 0. The molecule has 5 heteroatoms. The van der Waals surface area contributed by atoms with Crippen molar-refractivity contribution in [3.8, 4) is 11.3 Å². The molecule has 0 aliphatic heterocycles.